The largest absolute Gasteiger partial charge is 0.398 e. The van der Waals surface area contributed by atoms with Crippen molar-refractivity contribution in [3.63, 3.8) is 0 Å². The van der Waals surface area contributed by atoms with E-state index in [2.05, 4.69) is 11.6 Å². The minimum absolute atomic E-state index is 0.0227. The highest BCUT2D eigenvalue weighted by atomic mass is 35.5. The van der Waals surface area contributed by atoms with Gasteiger partial charge in [0.05, 0.1) is 4.90 Å². The first kappa shape index (κ1) is 15.9. The molecule has 0 spiro atoms. The third-order valence-electron chi connectivity index (χ3n) is 3.59. The molecule has 1 heterocycles. The Labute approximate surface area is 129 Å². The molecule has 4 nitrogen and oxygen atoms in total. The number of halogens is 1. The van der Waals surface area contributed by atoms with Gasteiger partial charge in [-0.15, -0.1) is 0 Å². The summed E-state index contributed by atoms with van der Waals surface area (Å²) in [5.74, 6) is 1.08. The number of nitrogens with two attached hydrogens (primary N) is 1. The van der Waals surface area contributed by atoms with Gasteiger partial charge in [-0.1, -0.05) is 11.6 Å². The van der Waals surface area contributed by atoms with Gasteiger partial charge in [-0.2, -0.15) is 11.8 Å². The van der Waals surface area contributed by atoms with Crippen molar-refractivity contribution < 1.29 is 8.42 Å². The van der Waals surface area contributed by atoms with Crippen molar-refractivity contribution in [3.05, 3.63) is 22.7 Å². The lowest BCUT2D eigenvalue weighted by Crippen LogP contribution is -2.37. The Morgan fingerprint density at radius 2 is 2.20 bits per heavy atom. The standard InChI is InChI=1S/C13H19ClN2O2S2/c1-9-11(15)6-10(14)7-12(9)20(17,18)16-8-13(2)4-3-5-19-13/h6-7,16H,3-5,8,15H2,1-2H3. The van der Waals surface area contributed by atoms with Gasteiger partial charge in [0.15, 0.2) is 0 Å². The van der Waals surface area contributed by atoms with Crippen molar-refractivity contribution in [1.29, 1.82) is 0 Å². The molecule has 7 heteroatoms. The van der Waals surface area contributed by atoms with Crippen molar-refractivity contribution in [3.8, 4) is 0 Å². The molecule has 0 aromatic heterocycles. The Bertz CT molecular complexity index is 611. The molecule has 112 valence electrons. The average molecular weight is 335 g/mol. The lowest BCUT2D eigenvalue weighted by atomic mass is 10.1. The number of hydrogen-bond donors (Lipinski definition) is 2. The monoisotopic (exact) mass is 334 g/mol. The van der Waals surface area contributed by atoms with Gasteiger partial charge in [0, 0.05) is 22.0 Å². The second-order valence-corrected chi connectivity index (χ2v) is 9.20. The molecule has 1 aromatic rings. The molecule has 1 atom stereocenters. The van der Waals surface area contributed by atoms with Crippen molar-refractivity contribution >= 4 is 39.1 Å². The van der Waals surface area contributed by atoms with Crippen molar-refractivity contribution in [2.24, 2.45) is 0 Å². The molecule has 1 fully saturated rings. The van der Waals surface area contributed by atoms with E-state index in [1.54, 1.807) is 13.0 Å². The normalized spacial score (nSPS) is 23.1. The van der Waals surface area contributed by atoms with Gasteiger partial charge in [-0.3, -0.25) is 0 Å². The van der Waals surface area contributed by atoms with Crippen molar-refractivity contribution in [2.45, 2.75) is 36.3 Å². The van der Waals surface area contributed by atoms with Crippen LogP contribution < -0.4 is 10.5 Å². The lowest BCUT2D eigenvalue weighted by molar-refractivity contribution is 0.552. The fourth-order valence-electron chi connectivity index (χ4n) is 2.26. The maximum atomic E-state index is 12.4. The quantitative estimate of drug-likeness (QED) is 0.830. The van der Waals surface area contributed by atoms with E-state index >= 15 is 0 Å². The molecule has 0 bridgehead atoms. The first-order valence-corrected chi connectivity index (χ1v) is 9.27. The number of sulfonamides is 1. The Morgan fingerprint density at radius 3 is 2.80 bits per heavy atom. The topological polar surface area (TPSA) is 72.2 Å². The molecule has 1 aliphatic rings. The van der Waals surface area contributed by atoms with Gasteiger partial charge in [-0.25, -0.2) is 13.1 Å². The molecule has 1 aliphatic heterocycles. The van der Waals surface area contributed by atoms with Gasteiger partial charge < -0.3 is 5.73 Å². The number of anilines is 1. The predicted octanol–water partition coefficient (Wildman–Crippen LogP) is 2.79. The SMILES string of the molecule is Cc1c(N)cc(Cl)cc1S(=O)(=O)NCC1(C)CCCS1. The highest BCUT2D eigenvalue weighted by Gasteiger charge is 2.31. The van der Waals surface area contributed by atoms with Crippen molar-refractivity contribution in [2.75, 3.05) is 18.0 Å². The van der Waals surface area contributed by atoms with Gasteiger partial charge in [0.1, 0.15) is 0 Å². The van der Waals surface area contributed by atoms with E-state index in [4.69, 9.17) is 17.3 Å². The fraction of sp³-hybridized carbons (Fsp3) is 0.538. The zero-order valence-electron chi connectivity index (χ0n) is 11.6. The molecule has 1 unspecified atom stereocenters. The molecule has 0 aliphatic carbocycles. The van der Waals surface area contributed by atoms with Crippen LogP contribution in [-0.2, 0) is 10.0 Å². The molecule has 1 saturated heterocycles. The number of thioether (sulfide) groups is 1. The molecule has 20 heavy (non-hydrogen) atoms. The summed E-state index contributed by atoms with van der Waals surface area (Å²) in [6.07, 6.45) is 2.16. The molecule has 2 rings (SSSR count). The smallest absolute Gasteiger partial charge is 0.241 e. The summed E-state index contributed by atoms with van der Waals surface area (Å²) in [6.45, 7) is 4.20. The highest BCUT2D eigenvalue weighted by molar-refractivity contribution is 8.01. The summed E-state index contributed by atoms with van der Waals surface area (Å²) in [6, 6.07) is 3.00. The van der Waals surface area contributed by atoms with Crippen LogP contribution >= 0.6 is 23.4 Å². The maximum Gasteiger partial charge on any atom is 0.241 e. The van der Waals surface area contributed by atoms with E-state index < -0.39 is 10.0 Å². The first-order chi connectivity index (χ1) is 9.23. The summed E-state index contributed by atoms with van der Waals surface area (Å²) in [4.78, 5) is 0.161. The molecule has 1 aromatic carbocycles. The summed E-state index contributed by atoms with van der Waals surface area (Å²) in [5.41, 5.74) is 6.70. The van der Waals surface area contributed by atoms with Crippen LogP contribution in [0.3, 0.4) is 0 Å². The van der Waals surface area contributed by atoms with Gasteiger partial charge in [0.25, 0.3) is 0 Å². The van der Waals surface area contributed by atoms with E-state index in [-0.39, 0.29) is 9.64 Å². The van der Waals surface area contributed by atoms with E-state index in [1.165, 1.54) is 6.07 Å². The molecule has 0 saturated carbocycles. The Kier molecular flexibility index (Phi) is 4.59. The first-order valence-electron chi connectivity index (χ1n) is 6.43. The van der Waals surface area contributed by atoms with Crippen LogP contribution in [0, 0.1) is 6.92 Å². The zero-order chi connectivity index (χ0) is 15.0. The number of hydrogen-bond acceptors (Lipinski definition) is 4. The van der Waals surface area contributed by atoms with E-state index in [1.807, 2.05) is 11.8 Å². The van der Waals surface area contributed by atoms with Crippen LogP contribution in [0.2, 0.25) is 5.02 Å². The predicted molar refractivity (Wildman–Crippen MR) is 85.9 cm³/mol. The van der Waals surface area contributed by atoms with Crippen LogP contribution in [0.4, 0.5) is 5.69 Å². The van der Waals surface area contributed by atoms with E-state index in [0.717, 1.165) is 18.6 Å². The van der Waals surface area contributed by atoms with E-state index in [9.17, 15) is 8.42 Å². The second kappa shape index (κ2) is 5.75. The fourth-order valence-corrected chi connectivity index (χ4v) is 5.35. The van der Waals surface area contributed by atoms with Gasteiger partial charge >= 0.3 is 0 Å². The van der Waals surface area contributed by atoms with E-state index in [0.29, 0.717) is 22.8 Å². The molecular weight excluding hydrogens is 316 g/mol. The zero-order valence-corrected chi connectivity index (χ0v) is 14.0. The number of rotatable bonds is 4. The Hall–Kier alpha value is -0.430. The Balaban J connectivity index is 2.22. The summed E-state index contributed by atoms with van der Waals surface area (Å²) >= 11 is 7.72. The maximum absolute atomic E-state index is 12.4. The van der Waals surface area contributed by atoms with Crippen LogP contribution in [-0.4, -0.2) is 25.5 Å². The van der Waals surface area contributed by atoms with Crippen molar-refractivity contribution in [1.82, 2.24) is 4.72 Å². The average Bonchev–Trinajstić information content (AvgIpc) is 2.79. The number of nitrogens with one attached hydrogen (secondary N) is 1. The number of nitrogen functional groups attached to an aromatic ring is 1. The third kappa shape index (κ3) is 3.42. The van der Waals surface area contributed by atoms with Crippen LogP contribution in [0.15, 0.2) is 17.0 Å². The summed E-state index contributed by atoms with van der Waals surface area (Å²) in [5, 5.41) is 0.329. The molecule has 3 N–H and O–H groups in total. The second-order valence-electron chi connectivity index (χ2n) is 5.34. The number of benzene rings is 1. The summed E-state index contributed by atoms with van der Waals surface area (Å²) in [7, 11) is -3.59. The molecule has 0 amide bonds. The highest BCUT2D eigenvalue weighted by Crippen LogP contribution is 2.37. The molecule has 0 radical (unpaired) electrons. The van der Waals surface area contributed by atoms with Gasteiger partial charge in [0.2, 0.25) is 10.0 Å². The lowest BCUT2D eigenvalue weighted by Gasteiger charge is -2.23. The van der Waals surface area contributed by atoms with Crippen LogP contribution in [0.1, 0.15) is 25.3 Å². The Morgan fingerprint density at radius 1 is 1.50 bits per heavy atom. The van der Waals surface area contributed by atoms with Crippen LogP contribution in [0.25, 0.3) is 0 Å². The van der Waals surface area contributed by atoms with Gasteiger partial charge in [-0.05, 0) is 50.1 Å². The minimum atomic E-state index is -3.59. The molecular formula is C13H19ClN2O2S2. The summed E-state index contributed by atoms with van der Waals surface area (Å²) < 4.78 is 27.5. The minimum Gasteiger partial charge on any atom is -0.398 e. The van der Waals surface area contributed by atoms with Crippen LogP contribution in [0.5, 0.6) is 0 Å². The third-order valence-corrected chi connectivity index (χ3v) is 6.87.